The lowest BCUT2D eigenvalue weighted by Crippen LogP contribution is -2.39. The van der Waals surface area contributed by atoms with Crippen molar-refractivity contribution in [2.45, 2.75) is 100 Å². The Morgan fingerprint density at radius 2 is 1.59 bits per heavy atom. The van der Waals surface area contributed by atoms with E-state index >= 15 is 0 Å². The van der Waals surface area contributed by atoms with Crippen molar-refractivity contribution >= 4 is 17.6 Å². The van der Waals surface area contributed by atoms with Crippen molar-refractivity contribution in [3.8, 4) is 11.6 Å². The summed E-state index contributed by atoms with van der Waals surface area (Å²) in [4.78, 5) is 30.2. The molecule has 7 heteroatoms. The number of carbonyl (C=O) groups excluding carboxylic acids is 1. The number of carbonyl (C=O) groups is 2. The first-order chi connectivity index (χ1) is 17.2. The third-order valence-electron chi connectivity index (χ3n) is 7.11. The lowest BCUT2D eigenvalue weighted by Gasteiger charge is -2.30. The van der Waals surface area contributed by atoms with E-state index in [1.165, 1.54) is 0 Å². The second-order valence-electron chi connectivity index (χ2n) is 10.9. The lowest BCUT2D eigenvalue weighted by molar-refractivity contribution is -0.171. The van der Waals surface area contributed by atoms with Gasteiger partial charge < -0.3 is 19.9 Å². The molecule has 0 saturated heterocycles. The number of nitrogens with one attached hydrogen (secondary N) is 1. The highest BCUT2D eigenvalue weighted by molar-refractivity contribution is 5.94. The molecular weight excluding hydrogens is 468 g/mol. The number of aromatic nitrogens is 1. The Morgan fingerprint density at radius 1 is 1.03 bits per heavy atom. The summed E-state index contributed by atoms with van der Waals surface area (Å²) in [7, 11) is 0. The predicted molar refractivity (Wildman–Crippen MR) is 148 cm³/mol. The summed E-state index contributed by atoms with van der Waals surface area (Å²) in [5.74, 6) is -2.43. The zero-order chi connectivity index (χ0) is 28.1. The van der Waals surface area contributed by atoms with Gasteiger partial charge in [-0.2, -0.15) is 0 Å². The van der Waals surface area contributed by atoms with E-state index in [4.69, 9.17) is 9.47 Å². The van der Waals surface area contributed by atoms with Crippen LogP contribution in [0.5, 0.6) is 11.6 Å². The van der Waals surface area contributed by atoms with E-state index in [-0.39, 0.29) is 18.4 Å². The monoisotopic (exact) mass is 512 g/mol. The van der Waals surface area contributed by atoms with Gasteiger partial charge in [-0.1, -0.05) is 45.4 Å². The van der Waals surface area contributed by atoms with Gasteiger partial charge in [-0.3, -0.25) is 9.59 Å². The van der Waals surface area contributed by atoms with Crippen molar-refractivity contribution in [3.05, 3.63) is 46.1 Å². The molecule has 0 aliphatic heterocycles. The third kappa shape index (κ3) is 7.70. The normalized spacial score (nSPS) is 12.5. The number of ether oxygens (including phenoxy) is 2. The van der Waals surface area contributed by atoms with Crippen LogP contribution < -0.4 is 10.1 Å². The predicted octanol–water partition coefficient (Wildman–Crippen LogP) is 6.93. The molecule has 0 bridgehead atoms. The van der Waals surface area contributed by atoms with E-state index in [9.17, 15) is 14.7 Å². The first-order valence-corrected chi connectivity index (χ1v) is 13.2. The maximum Gasteiger partial charge on any atom is 0.321 e. The molecule has 0 saturated carbocycles. The second-order valence-corrected chi connectivity index (χ2v) is 10.9. The first-order valence-electron chi connectivity index (χ1n) is 13.2. The Morgan fingerprint density at radius 3 is 2.08 bits per heavy atom. The number of hydrogen-bond donors (Lipinski definition) is 2. The maximum absolute atomic E-state index is 13.2. The molecule has 1 heterocycles. The summed E-state index contributed by atoms with van der Waals surface area (Å²) < 4.78 is 12.1. The van der Waals surface area contributed by atoms with E-state index in [0.717, 1.165) is 40.9 Å². The second kappa shape index (κ2) is 12.4. The number of hydrogen-bond acceptors (Lipinski definition) is 6. The average Bonchev–Trinajstić information content (AvgIpc) is 2.78. The SMILES string of the molecule is CCC(CC)Nc1cc(C)nc(Oc2c(C)cc(C)cc2C)c1CC(C(=O)O)C(=O)OC(C)(C)C(C)C. The zero-order valence-corrected chi connectivity index (χ0v) is 24.1. The molecular formula is C30H44N2O5. The molecule has 0 radical (unpaired) electrons. The highest BCUT2D eigenvalue weighted by Gasteiger charge is 2.36. The van der Waals surface area contributed by atoms with Crippen molar-refractivity contribution in [3.63, 3.8) is 0 Å². The summed E-state index contributed by atoms with van der Waals surface area (Å²) in [5, 5.41) is 13.6. The number of carboxylic acid groups (broad SMARTS) is 1. The quantitative estimate of drug-likeness (QED) is 0.235. The minimum absolute atomic E-state index is 0.0189. The number of esters is 1. The lowest BCUT2D eigenvalue weighted by atomic mass is 9.93. The minimum Gasteiger partial charge on any atom is -0.481 e. The Kier molecular flexibility index (Phi) is 10.1. The third-order valence-corrected chi connectivity index (χ3v) is 7.11. The molecule has 0 fully saturated rings. The van der Waals surface area contributed by atoms with Crippen LogP contribution in [0.1, 0.15) is 82.3 Å². The molecule has 2 N–H and O–H groups in total. The fourth-order valence-electron chi connectivity index (χ4n) is 4.14. The van der Waals surface area contributed by atoms with Gasteiger partial charge in [0.2, 0.25) is 5.88 Å². The summed E-state index contributed by atoms with van der Waals surface area (Å²) in [6.07, 6.45) is 1.66. The number of pyridine rings is 1. The van der Waals surface area contributed by atoms with Crippen LogP contribution in [0.4, 0.5) is 5.69 Å². The molecule has 7 nitrogen and oxygen atoms in total. The molecule has 1 unspecified atom stereocenters. The van der Waals surface area contributed by atoms with Crippen LogP contribution in [0.3, 0.4) is 0 Å². The van der Waals surface area contributed by atoms with Crippen LogP contribution in [0.25, 0.3) is 0 Å². The molecule has 0 amide bonds. The molecule has 37 heavy (non-hydrogen) atoms. The number of aliphatic carboxylic acids is 1. The highest BCUT2D eigenvalue weighted by Crippen LogP contribution is 2.36. The van der Waals surface area contributed by atoms with Crippen LogP contribution in [-0.2, 0) is 20.7 Å². The van der Waals surface area contributed by atoms with E-state index in [1.807, 2.05) is 59.7 Å². The summed E-state index contributed by atoms with van der Waals surface area (Å²) >= 11 is 0. The number of benzene rings is 1. The Balaban J connectivity index is 2.63. The molecule has 204 valence electrons. The Bertz CT molecular complexity index is 1100. The van der Waals surface area contributed by atoms with Gasteiger partial charge in [0.1, 0.15) is 11.4 Å². The summed E-state index contributed by atoms with van der Waals surface area (Å²) in [6.45, 7) is 19.5. The van der Waals surface area contributed by atoms with Gasteiger partial charge in [-0.25, -0.2) is 4.98 Å². The van der Waals surface area contributed by atoms with E-state index < -0.39 is 23.5 Å². The van der Waals surface area contributed by atoms with E-state index in [1.54, 1.807) is 13.8 Å². The molecule has 1 aromatic carbocycles. The topological polar surface area (TPSA) is 97.8 Å². The van der Waals surface area contributed by atoms with Crippen molar-refractivity contribution in [2.24, 2.45) is 11.8 Å². The van der Waals surface area contributed by atoms with Gasteiger partial charge in [0.05, 0.1) is 0 Å². The summed E-state index contributed by atoms with van der Waals surface area (Å²) in [5.41, 5.74) is 4.22. The van der Waals surface area contributed by atoms with Gasteiger partial charge >= 0.3 is 11.9 Å². The molecule has 0 aliphatic rings. The van der Waals surface area contributed by atoms with Crippen molar-refractivity contribution in [1.29, 1.82) is 0 Å². The van der Waals surface area contributed by atoms with Gasteiger partial charge in [0, 0.05) is 29.4 Å². The molecule has 1 atom stereocenters. The molecule has 0 spiro atoms. The van der Waals surface area contributed by atoms with Crippen LogP contribution in [0.15, 0.2) is 18.2 Å². The minimum atomic E-state index is -1.41. The molecule has 2 aromatic rings. The number of nitrogens with zero attached hydrogens (tertiary/aromatic N) is 1. The van der Waals surface area contributed by atoms with Crippen LogP contribution in [-0.4, -0.2) is 33.7 Å². The zero-order valence-electron chi connectivity index (χ0n) is 24.1. The first kappa shape index (κ1) is 30.1. The molecule has 2 rings (SSSR count). The standard InChI is InChI=1S/C30H44N2O5/c1-11-22(12-2)32-25-15-21(8)31-27(36-26-19(6)13-18(5)14-20(26)7)23(25)16-24(28(33)34)29(35)37-30(9,10)17(3)4/h13-15,17,22,24H,11-12,16H2,1-10H3,(H,31,32)(H,33,34). The number of rotatable bonds is 12. The van der Waals surface area contributed by atoms with E-state index in [2.05, 4.69) is 24.1 Å². The highest BCUT2D eigenvalue weighted by atomic mass is 16.6. The van der Waals surface area contributed by atoms with Gasteiger partial charge in [0.15, 0.2) is 5.92 Å². The number of aryl methyl sites for hydroxylation is 4. The van der Waals surface area contributed by atoms with Crippen molar-refractivity contribution in [1.82, 2.24) is 4.98 Å². The number of anilines is 1. The Hall–Kier alpha value is -3.09. The van der Waals surface area contributed by atoms with Gasteiger partial charge in [0.25, 0.3) is 0 Å². The van der Waals surface area contributed by atoms with Crippen LogP contribution in [0, 0.1) is 39.5 Å². The van der Waals surface area contributed by atoms with Crippen LogP contribution >= 0.6 is 0 Å². The fraction of sp³-hybridized carbons (Fsp3) is 0.567. The molecule has 0 aliphatic carbocycles. The number of carboxylic acids is 1. The molecule has 1 aromatic heterocycles. The fourth-order valence-corrected chi connectivity index (χ4v) is 4.14. The average molecular weight is 513 g/mol. The summed E-state index contributed by atoms with van der Waals surface area (Å²) in [6, 6.07) is 6.13. The smallest absolute Gasteiger partial charge is 0.321 e. The maximum atomic E-state index is 13.2. The largest absolute Gasteiger partial charge is 0.481 e. The van der Waals surface area contributed by atoms with Gasteiger partial charge in [-0.15, -0.1) is 0 Å². The van der Waals surface area contributed by atoms with Crippen molar-refractivity contribution < 1.29 is 24.2 Å². The van der Waals surface area contributed by atoms with Crippen molar-refractivity contribution in [2.75, 3.05) is 5.32 Å². The van der Waals surface area contributed by atoms with E-state index in [0.29, 0.717) is 17.2 Å². The Labute approximate surface area is 222 Å². The van der Waals surface area contributed by atoms with Gasteiger partial charge in [-0.05, 0) is 77.5 Å². The van der Waals surface area contributed by atoms with Crippen LogP contribution in [0.2, 0.25) is 0 Å².